The Balaban J connectivity index is 2.12. The van der Waals surface area contributed by atoms with Gasteiger partial charge in [-0.2, -0.15) is 0 Å². The molecule has 0 saturated carbocycles. The van der Waals surface area contributed by atoms with E-state index in [2.05, 4.69) is 6.58 Å². The lowest BCUT2D eigenvalue weighted by Crippen LogP contribution is -2.59. The van der Waals surface area contributed by atoms with Gasteiger partial charge in [0, 0.05) is 6.61 Å². The molecule has 0 amide bonds. The van der Waals surface area contributed by atoms with E-state index in [0.717, 1.165) is 25.7 Å². The maximum atomic E-state index is 9.79. The highest BCUT2D eigenvalue weighted by Gasteiger charge is 2.43. The molecule has 1 aliphatic rings. The number of unbranched alkanes of at least 4 members (excludes halogenated alkanes) is 6. The second-order valence-corrected chi connectivity index (χ2v) is 5.77. The van der Waals surface area contributed by atoms with Crippen LogP contribution in [0.3, 0.4) is 0 Å². The molecule has 0 bridgehead atoms. The maximum absolute atomic E-state index is 9.79. The van der Waals surface area contributed by atoms with Crippen LogP contribution in [-0.4, -0.2) is 64.3 Å². The van der Waals surface area contributed by atoms with E-state index in [1.165, 1.54) is 19.3 Å². The average Bonchev–Trinajstić information content (AvgIpc) is 2.53. The molecule has 130 valence electrons. The third kappa shape index (κ3) is 6.32. The first-order chi connectivity index (χ1) is 10.6. The summed E-state index contributed by atoms with van der Waals surface area (Å²) in [6.45, 7) is 3.67. The highest BCUT2D eigenvalue weighted by atomic mass is 16.7. The van der Waals surface area contributed by atoms with Crippen molar-refractivity contribution in [2.75, 3.05) is 13.2 Å². The van der Waals surface area contributed by atoms with Gasteiger partial charge in [-0.1, -0.05) is 31.8 Å². The Morgan fingerprint density at radius 3 is 2.18 bits per heavy atom. The van der Waals surface area contributed by atoms with Crippen LogP contribution in [0.5, 0.6) is 0 Å². The highest BCUT2D eigenvalue weighted by molar-refractivity contribution is 4.88. The van der Waals surface area contributed by atoms with Crippen molar-refractivity contribution in [2.24, 2.45) is 0 Å². The molecule has 4 N–H and O–H groups in total. The molecule has 1 aliphatic heterocycles. The van der Waals surface area contributed by atoms with Gasteiger partial charge in [-0.3, -0.25) is 0 Å². The number of rotatable bonds is 11. The van der Waals surface area contributed by atoms with Crippen molar-refractivity contribution in [1.82, 2.24) is 0 Å². The van der Waals surface area contributed by atoms with E-state index < -0.39 is 37.3 Å². The molecule has 0 aromatic rings. The normalized spacial score (nSPS) is 32.1. The van der Waals surface area contributed by atoms with Crippen LogP contribution in [0.2, 0.25) is 0 Å². The minimum atomic E-state index is -1.37. The molecule has 0 aromatic carbocycles. The van der Waals surface area contributed by atoms with Gasteiger partial charge >= 0.3 is 0 Å². The summed E-state index contributed by atoms with van der Waals surface area (Å²) < 4.78 is 10.7. The average molecular weight is 318 g/mol. The third-order valence-electron chi connectivity index (χ3n) is 3.93. The van der Waals surface area contributed by atoms with Gasteiger partial charge in [0.2, 0.25) is 0 Å². The van der Waals surface area contributed by atoms with Gasteiger partial charge in [-0.25, -0.2) is 0 Å². The second kappa shape index (κ2) is 11.1. The number of allylic oxidation sites excluding steroid dienone is 1. The van der Waals surface area contributed by atoms with Gasteiger partial charge in [0.1, 0.15) is 24.4 Å². The van der Waals surface area contributed by atoms with Gasteiger partial charge < -0.3 is 29.9 Å². The molecule has 0 radical (unpaired) electrons. The van der Waals surface area contributed by atoms with Gasteiger partial charge in [0.05, 0.1) is 6.61 Å². The Morgan fingerprint density at radius 1 is 0.909 bits per heavy atom. The lowest BCUT2D eigenvalue weighted by molar-refractivity contribution is -0.301. The van der Waals surface area contributed by atoms with Crippen LogP contribution >= 0.6 is 0 Å². The molecule has 0 aromatic heterocycles. The minimum Gasteiger partial charge on any atom is -0.394 e. The van der Waals surface area contributed by atoms with E-state index in [4.69, 9.17) is 14.6 Å². The van der Waals surface area contributed by atoms with Crippen molar-refractivity contribution >= 4 is 0 Å². The van der Waals surface area contributed by atoms with E-state index in [9.17, 15) is 15.3 Å². The largest absolute Gasteiger partial charge is 0.394 e. The number of aliphatic hydroxyl groups is 4. The zero-order valence-electron chi connectivity index (χ0n) is 13.1. The monoisotopic (exact) mass is 318 g/mol. The van der Waals surface area contributed by atoms with Crippen LogP contribution in [0.1, 0.15) is 44.9 Å². The number of aliphatic hydroxyl groups excluding tert-OH is 4. The molecule has 1 saturated heterocycles. The van der Waals surface area contributed by atoms with Crippen LogP contribution < -0.4 is 0 Å². The second-order valence-electron chi connectivity index (χ2n) is 5.77. The SMILES string of the molecule is C=CCCCCCCCCOC1OC(CO)[C@H](O)C(O)C1O. The van der Waals surface area contributed by atoms with Gasteiger partial charge in [0.25, 0.3) is 0 Å². The number of ether oxygens (including phenoxy) is 2. The summed E-state index contributed by atoms with van der Waals surface area (Å²) in [6.07, 6.45) is 3.66. The van der Waals surface area contributed by atoms with Crippen LogP contribution in [0.25, 0.3) is 0 Å². The molecule has 22 heavy (non-hydrogen) atoms. The van der Waals surface area contributed by atoms with E-state index in [0.29, 0.717) is 6.61 Å². The molecule has 1 heterocycles. The fourth-order valence-electron chi connectivity index (χ4n) is 2.50. The summed E-state index contributed by atoms with van der Waals surface area (Å²) in [5, 5.41) is 38.2. The summed E-state index contributed by atoms with van der Waals surface area (Å²) >= 11 is 0. The Morgan fingerprint density at radius 2 is 1.55 bits per heavy atom. The Hall–Kier alpha value is -0.500. The molecular formula is C16H30O6. The zero-order valence-corrected chi connectivity index (χ0v) is 13.1. The number of hydrogen-bond donors (Lipinski definition) is 4. The lowest BCUT2D eigenvalue weighted by atomic mass is 9.99. The van der Waals surface area contributed by atoms with Crippen molar-refractivity contribution < 1.29 is 29.9 Å². The van der Waals surface area contributed by atoms with Gasteiger partial charge in [0.15, 0.2) is 6.29 Å². The zero-order chi connectivity index (χ0) is 16.4. The van der Waals surface area contributed by atoms with Crippen molar-refractivity contribution in [3.63, 3.8) is 0 Å². The smallest absolute Gasteiger partial charge is 0.186 e. The standard InChI is InChI=1S/C16H30O6/c1-2-3-4-5-6-7-8-9-10-21-16-15(20)14(19)13(18)12(11-17)22-16/h2,12-20H,1,3-11H2/t12?,13-,14?,15?,16?/m0/s1. The first kappa shape index (κ1) is 19.5. The summed E-state index contributed by atoms with van der Waals surface area (Å²) in [5.74, 6) is 0. The first-order valence-electron chi connectivity index (χ1n) is 8.14. The fourth-order valence-corrected chi connectivity index (χ4v) is 2.50. The van der Waals surface area contributed by atoms with E-state index in [1.54, 1.807) is 0 Å². The van der Waals surface area contributed by atoms with Crippen molar-refractivity contribution in [3.8, 4) is 0 Å². The molecule has 1 fully saturated rings. The minimum absolute atomic E-state index is 0.412. The Labute approximate surface area is 132 Å². The predicted octanol–water partition coefficient (Wildman–Crippen LogP) is 0.720. The van der Waals surface area contributed by atoms with Crippen molar-refractivity contribution in [3.05, 3.63) is 12.7 Å². The molecule has 0 aliphatic carbocycles. The van der Waals surface area contributed by atoms with Crippen molar-refractivity contribution in [2.45, 2.75) is 75.7 Å². The van der Waals surface area contributed by atoms with Crippen LogP contribution in [-0.2, 0) is 9.47 Å². The highest BCUT2D eigenvalue weighted by Crippen LogP contribution is 2.22. The molecule has 1 rings (SSSR count). The topological polar surface area (TPSA) is 99.4 Å². The van der Waals surface area contributed by atoms with E-state index >= 15 is 0 Å². The molecule has 0 spiro atoms. The molecule has 6 nitrogen and oxygen atoms in total. The Bertz CT molecular complexity index is 296. The van der Waals surface area contributed by atoms with Crippen LogP contribution in [0, 0.1) is 0 Å². The molecular weight excluding hydrogens is 288 g/mol. The molecule has 5 atom stereocenters. The number of hydrogen-bond acceptors (Lipinski definition) is 6. The predicted molar refractivity (Wildman–Crippen MR) is 82.2 cm³/mol. The summed E-state index contributed by atoms with van der Waals surface area (Å²) in [4.78, 5) is 0. The van der Waals surface area contributed by atoms with Gasteiger partial charge in [-0.05, 0) is 19.3 Å². The maximum Gasteiger partial charge on any atom is 0.186 e. The Kier molecular flexibility index (Phi) is 9.86. The first-order valence-corrected chi connectivity index (χ1v) is 8.14. The lowest BCUT2D eigenvalue weighted by Gasteiger charge is -2.39. The van der Waals surface area contributed by atoms with Crippen LogP contribution in [0.15, 0.2) is 12.7 Å². The summed E-state index contributed by atoms with van der Waals surface area (Å²) in [5.41, 5.74) is 0. The quantitative estimate of drug-likeness (QED) is 0.331. The van der Waals surface area contributed by atoms with Crippen LogP contribution in [0.4, 0.5) is 0 Å². The molecule has 4 unspecified atom stereocenters. The van der Waals surface area contributed by atoms with E-state index in [-0.39, 0.29) is 0 Å². The van der Waals surface area contributed by atoms with Crippen molar-refractivity contribution in [1.29, 1.82) is 0 Å². The fraction of sp³-hybridized carbons (Fsp3) is 0.875. The third-order valence-corrected chi connectivity index (χ3v) is 3.93. The summed E-state index contributed by atoms with van der Waals surface area (Å²) in [6, 6.07) is 0. The summed E-state index contributed by atoms with van der Waals surface area (Å²) in [7, 11) is 0. The van der Waals surface area contributed by atoms with E-state index in [1.807, 2.05) is 6.08 Å². The van der Waals surface area contributed by atoms with Gasteiger partial charge in [-0.15, -0.1) is 6.58 Å². The molecule has 6 heteroatoms.